The number of hydrogen-bond donors (Lipinski definition) is 2. The number of amides is 1. The number of carbonyl (C=O) groups is 1. The van der Waals surface area contributed by atoms with Crippen LogP contribution in [0, 0.1) is 6.92 Å². The SMILES string of the molecule is Cc1cc(C(=O)N(C)C(CCO)c2ccccc2)n[nH]1. The summed E-state index contributed by atoms with van der Waals surface area (Å²) in [6.45, 7) is 1.88. The Morgan fingerprint density at radius 3 is 2.65 bits per heavy atom. The fourth-order valence-corrected chi connectivity index (χ4v) is 2.23. The molecule has 0 aliphatic heterocycles. The van der Waals surface area contributed by atoms with Crippen molar-refractivity contribution in [1.29, 1.82) is 0 Å². The summed E-state index contributed by atoms with van der Waals surface area (Å²) in [5, 5.41) is 16.0. The summed E-state index contributed by atoms with van der Waals surface area (Å²) in [6, 6.07) is 11.3. The lowest BCUT2D eigenvalue weighted by atomic mass is 10.0. The van der Waals surface area contributed by atoms with Crippen LogP contribution in [0.4, 0.5) is 0 Å². The van der Waals surface area contributed by atoms with E-state index in [-0.39, 0.29) is 18.6 Å². The second kappa shape index (κ2) is 6.34. The number of nitrogens with zero attached hydrogens (tertiary/aromatic N) is 2. The lowest BCUT2D eigenvalue weighted by Gasteiger charge is -2.27. The predicted molar refractivity (Wildman–Crippen MR) is 76.3 cm³/mol. The van der Waals surface area contributed by atoms with Gasteiger partial charge in [0, 0.05) is 19.3 Å². The highest BCUT2D eigenvalue weighted by Gasteiger charge is 2.23. The molecular formula is C15H19N3O2. The van der Waals surface area contributed by atoms with Crippen LogP contribution in [0.1, 0.15) is 34.2 Å². The van der Waals surface area contributed by atoms with Gasteiger partial charge in [-0.1, -0.05) is 30.3 Å². The number of hydrogen-bond acceptors (Lipinski definition) is 3. The van der Waals surface area contributed by atoms with Gasteiger partial charge in [0.05, 0.1) is 6.04 Å². The van der Waals surface area contributed by atoms with E-state index in [1.54, 1.807) is 18.0 Å². The number of rotatable bonds is 5. The van der Waals surface area contributed by atoms with Crippen molar-refractivity contribution in [1.82, 2.24) is 15.1 Å². The quantitative estimate of drug-likeness (QED) is 0.874. The summed E-state index contributed by atoms with van der Waals surface area (Å²) in [7, 11) is 1.74. The lowest BCUT2D eigenvalue weighted by Crippen LogP contribution is -2.32. The van der Waals surface area contributed by atoms with Crippen molar-refractivity contribution < 1.29 is 9.90 Å². The minimum atomic E-state index is -0.161. The molecule has 0 radical (unpaired) electrons. The van der Waals surface area contributed by atoms with E-state index >= 15 is 0 Å². The maximum atomic E-state index is 12.4. The molecule has 0 fully saturated rings. The summed E-state index contributed by atoms with van der Waals surface area (Å²) >= 11 is 0. The molecule has 2 aromatic rings. The normalized spacial score (nSPS) is 12.2. The molecule has 1 atom stereocenters. The summed E-state index contributed by atoms with van der Waals surface area (Å²) in [4.78, 5) is 14.0. The van der Waals surface area contributed by atoms with Crippen molar-refractivity contribution in [2.24, 2.45) is 0 Å². The minimum Gasteiger partial charge on any atom is -0.396 e. The van der Waals surface area contributed by atoms with E-state index in [4.69, 9.17) is 0 Å². The van der Waals surface area contributed by atoms with E-state index < -0.39 is 0 Å². The first-order valence-corrected chi connectivity index (χ1v) is 6.58. The molecule has 0 aliphatic carbocycles. The fourth-order valence-electron chi connectivity index (χ4n) is 2.23. The van der Waals surface area contributed by atoms with E-state index in [9.17, 15) is 9.90 Å². The maximum absolute atomic E-state index is 12.4. The Labute approximate surface area is 118 Å². The van der Waals surface area contributed by atoms with Crippen molar-refractivity contribution in [3.05, 3.63) is 53.3 Å². The molecule has 106 valence electrons. The molecule has 20 heavy (non-hydrogen) atoms. The topological polar surface area (TPSA) is 69.2 Å². The number of aliphatic hydroxyl groups is 1. The Hall–Kier alpha value is -2.14. The molecule has 5 heteroatoms. The number of aryl methyl sites for hydroxylation is 1. The van der Waals surface area contributed by atoms with Crippen molar-refractivity contribution in [3.8, 4) is 0 Å². The summed E-state index contributed by atoms with van der Waals surface area (Å²) < 4.78 is 0. The van der Waals surface area contributed by atoms with Crippen LogP contribution in [-0.2, 0) is 0 Å². The zero-order valence-corrected chi connectivity index (χ0v) is 11.7. The molecule has 1 aromatic carbocycles. The Morgan fingerprint density at radius 2 is 2.10 bits per heavy atom. The van der Waals surface area contributed by atoms with E-state index in [0.29, 0.717) is 12.1 Å². The van der Waals surface area contributed by atoms with Gasteiger partial charge >= 0.3 is 0 Å². The number of benzene rings is 1. The molecule has 1 amide bonds. The van der Waals surface area contributed by atoms with Gasteiger partial charge in [-0.2, -0.15) is 5.10 Å². The number of aromatic nitrogens is 2. The van der Waals surface area contributed by atoms with Gasteiger partial charge in [-0.15, -0.1) is 0 Å². The van der Waals surface area contributed by atoms with Gasteiger partial charge in [0.2, 0.25) is 0 Å². The van der Waals surface area contributed by atoms with Crippen LogP contribution < -0.4 is 0 Å². The lowest BCUT2D eigenvalue weighted by molar-refractivity contribution is 0.0699. The minimum absolute atomic E-state index is 0.0246. The average molecular weight is 273 g/mol. The Kier molecular flexibility index (Phi) is 4.53. The van der Waals surface area contributed by atoms with Gasteiger partial charge in [-0.3, -0.25) is 9.89 Å². The second-order valence-corrected chi connectivity index (χ2v) is 4.79. The molecule has 0 aliphatic rings. The number of aliphatic hydroxyl groups excluding tert-OH is 1. The molecule has 5 nitrogen and oxygen atoms in total. The maximum Gasteiger partial charge on any atom is 0.274 e. The zero-order valence-electron chi connectivity index (χ0n) is 11.7. The van der Waals surface area contributed by atoms with Crippen LogP contribution in [0.15, 0.2) is 36.4 Å². The average Bonchev–Trinajstić information content (AvgIpc) is 2.91. The fraction of sp³-hybridized carbons (Fsp3) is 0.333. The van der Waals surface area contributed by atoms with Crippen LogP contribution in [0.2, 0.25) is 0 Å². The number of nitrogens with one attached hydrogen (secondary N) is 1. The third-order valence-electron chi connectivity index (χ3n) is 3.30. The van der Waals surface area contributed by atoms with Gasteiger partial charge in [0.15, 0.2) is 0 Å². The second-order valence-electron chi connectivity index (χ2n) is 4.79. The zero-order chi connectivity index (χ0) is 14.5. The predicted octanol–water partition coefficient (Wildman–Crippen LogP) is 1.91. The Balaban J connectivity index is 2.23. The van der Waals surface area contributed by atoms with Crippen molar-refractivity contribution in [2.45, 2.75) is 19.4 Å². The van der Waals surface area contributed by atoms with Crippen LogP contribution in [0.5, 0.6) is 0 Å². The first kappa shape index (κ1) is 14.3. The smallest absolute Gasteiger partial charge is 0.274 e. The molecule has 0 spiro atoms. The molecule has 0 saturated carbocycles. The monoisotopic (exact) mass is 273 g/mol. The van der Waals surface area contributed by atoms with Gasteiger partial charge in [0.25, 0.3) is 5.91 Å². The van der Waals surface area contributed by atoms with Gasteiger partial charge < -0.3 is 10.0 Å². The van der Waals surface area contributed by atoms with E-state index in [0.717, 1.165) is 11.3 Å². The Bertz CT molecular complexity index is 566. The van der Waals surface area contributed by atoms with Gasteiger partial charge in [-0.25, -0.2) is 0 Å². The molecule has 1 unspecified atom stereocenters. The van der Waals surface area contributed by atoms with Crippen LogP contribution >= 0.6 is 0 Å². The first-order valence-electron chi connectivity index (χ1n) is 6.58. The third kappa shape index (κ3) is 3.05. The number of aromatic amines is 1. The summed E-state index contributed by atoms with van der Waals surface area (Å²) in [6.07, 6.45) is 0.496. The molecule has 2 N–H and O–H groups in total. The standard InChI is InChI=1S/C15H19N3O2/c1-11-10-13(17-16-11)15(20)18(2)14(8-9-19)12-6-4-3-5-7-12/h3-7,10,14,19H,8-9H2,1-2H3,(H,16,17). The van der Waals surface area contributed by atoms with Crippen molar-refractivity contribution in [2.75, 3.05) is 13.7 Å². The largest absolute Gasteiger partial charge is 0.396 e. The molecule has 1 aromatic heterocycles. The van der Waals surface area contributed by atoms with E-state index in [2.05, 4.69) is 10.2 Å². The Morgan fingerprint density at radius 1 is 1.40 bits per heavy atom. The molecule has 1 heterocycles. The third-order valence-corrected chi connectivity index (χ3v) is 3.30. The van der Waals surface area contributed by atoms with Crippen LogP contribution in [-0.4, -0.2) is 39.8 Å². The molecular weight excluding hydrogens is 254 g/mol. The van der Waals surface area contributed by atoms with Gasteiger partial charge in [0.1, 0.15) is 5.69 Å². The highest BCUT2D eigenvalue weighted by Crippen LogP contribution is 2.24. The first-order chi connectivity index (χ1) is 9.63. The summed E-state index contributed by atoms with van der Waals surface area (Å²) in [5.41, 5.74) is 2.24. The number of H-pyrrole nitrogens is 1. The number of carbonyl (C=O) groups excluding carboxylic acids is 1. The molecule has 2 rings (SSSR count). The highest BCUT2D eigenvalue weighted by molar-refractivity contribution is 5.92. The van der Waals surface area contributed by atoms with Crippen LogP contribution in [0.3, 0.4) is 0 Å². The molecule has 0 saturated heterocycles. The van der Waals surface area contributed by atoms with E-state index in [1.165, 1.54) is 0 Å². The van der Waals surface area contributed by atoms with Crippen molar-refractivity contribution in [3.63, 3.8) is 0 Å². The highest BCUT2D eigenvalue weighted by atomic mass is 16.3. The van der Waals surface area contributed by atoms with E-state index in [1.807, 2.05) is 37.3 Å². The van der Waals surface area contributed by atoms with Gasteiger partial charge in [-0.05, 0) is 25.0 Å². The summed E-state index contributed by atoms with van der Waals surface area (Å²) in [5.74, 6) is -0.156. The molecule has 0 bridgehead atoms. The van der Waals surface area contributed by atoms with Crippen LogP contribution in [0.25, 0.3) is 0 Å². The van der Waals surface area contributed by atoms with Crippen molar-refractivity contribution >= 4 is 5.91 Å².